The van der Waals surface area contributed by atoms with E-state index in [0.29, 0.717) is 12.1 Å². The number of nitrogens with one attached hydrogen (secondary N) is 2. The highest BCUT2D eigenvalue weighted by atomic mass is 35.5. The molecular formula is C17H19ClN4O2. The molecule has 1 aromatic carbocycles. The summed E-state index contributed by atoms with van der Waals surface area (Å²) in [4.78, 5) is 31.6. The summed E-state index contributed by atoms with van der Waals surface area (Å²) >= 11 is 5.88. The van der Waals surface area contributed by atoms with E-state index in [1.807, 2.05) is 13.8 Å². The summed E-state index contributed by atoms with van der Waals surface area (Å²) in [6.45, 7) is 4.28. The van der Waals surface area contributed by atoms with Gasteiger partial charge in [-0.3, -0.25) is 9.59 Å². The quantitative estimate of drug-likeness (QED) is 0.842. The van der Waals surface area contributed by atoms with Crippen LogP contribution in [-0.2, 0) is 6.54 Å². The topological polar surface area (TPSA) is 84.0 Å². The van der Waals surface area contributed by atoms with Crippen molar-refractivity contribution in [3.63, 3.8) is 0 Å². The van der Waals surface area contributed by atoms with Crippen LogP contribution in [0.5, 0.6) is 0 Å². The first kappa shape index (κ1) is 17.9. The molecule has 24 heavy (non-hydrogen) atoms. The molecule has 0 fully saturated rings. The zero-order valence-corrected chi connectivity index (χ0v) is 14.3. The summed E-state index contributed by atoms with van der Waals surface area (Å²) in [5.41, 5.74) is 1.59. The highest BCUT2D eigenvalue weighted by Crippen LogP contribution is 2.11. The van der Waals surface area contributed by atoms with Crippen LogP contribution in [0.3, 0.4) is 0 Å². The SMILES string of the molecule is CCC(C)NC(=O)c1ccc(CNC(=O)c2ncncc2Cl)cc1. The third-order valence-corrected chi connectivity index (χ3v) is 3.82. The van der Waals surface area contributed by atoms with Gasteiger partial charge >= 0.3 is 0 Å². The zero-order valence-electron chi connectivity index (χ0n) is 13.5. The third-order valence-electron chi connectivity index (χ3n) is 3.54. The van der Waals surface area contributed by atoms with Gasteiger partial charge in [-0.2, -0.15) is 0 Å². The Kier molecular flexibility index (Phi) is 6.26. The Morgan fingerprint density at radius 3 is 2.54 bits per heavy atom. The van der Waals surface area contributed by atoms with Gasteiger partial charge in [0.05, 0.1) is 5.02 Å². The minimum atomic E-state index is -0.374. The van der Waals surface area contributed by atoms with Gasteiger partial charge in [0.25, 0.3) is 11.8 Å². The summed E-state index contributed by atoms with van der Waals surface area (Å²) in [7, 11) is 0. The lowest BCUT2D eigenvalue weighted by atomic mass is 10.1. The van der Waals surface area contributed by atoms with E-state index in [4.69, 9.17) is 11.6 Å². The fraction of sp³-hybridized carbons (Fsp3) is 0.294. The van der Waals surface area contributed by atoms with Crippen molar-refractivity contribution in [2.45, 2.75) is 32.9 Å². The van der Waals surface area contributed by atoms with Crippen molar-refractivity contribution < 1.29 is 9.59 Å². The fourth-order valence-electron chi connectivity index (χ4n) is 1.93. The Labute approximate surface area is 145 Å². The monoisotopic (exact) mass is 346 g/mol. The average Bonchev–Trinajstić information content (AvgIpc) is 2.60. The lowest BCUT2D eigenvalue weighted by Gasteiger charge is -2.11. The Balaban J connectivity index is 1.93. The Bertz CT molecular complexity index is 719. The highest BCUT2D eigenvalue weighted by molar-refractivity contribution is 6.33. The third kappa shape index (κ3) is 4.76. The number of rotatable bonds is 6. The van der Waals surface area contributed by atoms with E-state index in [0.717, 1.165) is 12.0 Å². The number of aromatic nitrogens is 2. The molecule has 7 heteroatoms. The summed E-state index contributed by atoms with van der Waals surface area (Å²) in [5.74, 6) is -0.478. The molecule has 2 N–H and O–H groups in total. The second-order valence-corrected chi connectivity index (χ2v) is 5.79. The maximum absolute atomic E-state index is 12.0. The largest absolute Gasteiger partial charge is 0.350 e. The average molecular weight is 347 g/mol. The highest BCUT2D eigenvalue weighted by Gasteiger charge is 2.12. The number of amides is 2. The maximum Gasteiger partial charge on any atom is 0.271 e. The maximum atomic E-state index is 12.0. The molecule has 0 aliphatic rings. The first-order chi connectivity index (χ1) is 11.5. The Morgan fingerprint density at radius 2 is 1.92 bits per heavy atom. The van der Waals surface area contributed by atoms with Gasteiger partial charge in [-0.25, -0.2) is 9.97 Å². The lowest BCUT2D eigenvalue weighted by molar-refractivity contribution is 0.0932. The van der Waals surface area contributed by atoms with Gasteiger partial charge < -0.3 is 10.6 Å². The van der Waals surface area contributed by atoms with E-state index >= 15 is 0 Å². The van der Waals surface area contributed by atoms with Gasteiger partial charge in [0.15, 0.2) is 0 Å². The molecule has 1 atom stereocenters. The molecule has 6 nitrogen and oxygen atoms in total. The molecule has 1 aromatic heterocycles. The Morgan fingerprint density at radius 1 is 1.21 bits per heavy atom. The van der Waals surface area contributed by atoms with Crippen molar-refractivity contribution in [3.8, 4) is 0 Å². The minimum Gasteiger partial charge on any atom is -0.350 e. The zero-order chi connectivity index (χ0) is 17.5. The number of carbonyl (C=O) groups is 2. The summed E-state index contributed by atoms with van der Waals surface area (Å²) in [5, 5.41) is 5.84. The number of carbonyl (C=O) groups excluding carboxylic acids is 2. The Hall–Kier alpha value is -2.47. The minimum absolute atomic E-state index is 0.104. The molecule has 0 radical (unpaired) electrons. The van der Waals surface area contributed by atoms with Gasteiger partial charge in [-0.15, -0.1) is 0 Å². The molecule has 0 spiro atoms. The predicted molar refractivity (Wildman–Crippen MR) is 91.9 cm³/mol. The van der Waals surface area contributed by atoms with Crippen molar-refractivity contribution in [2.75, 3.05) is 0 Å². The van der Waals surface area contributed by atoms with Crippen molar-refractivity contribution in [1.82, 2.24) is 20.6 Å². The van der Waals surface area contributed by atoms with E-state index in [9.17, 15) is 9.59 Å². The molecule has 1 unspecified atom stereocenters. The van der Waals surface area contributed by atoms with Crippen LogP contribution >= 0.6 is 11.6 Å². The van der Waals surface area contributed by atoms with E-state index < -0.39 is 0 Å². The molecule has 2 rings (SSSR count). The molecule has 0 aliphatic carbocycles. The van der Waals surface area contributed by atoms with Gasteiger partial charge in [0.1, 0.15) is 12.0 Å². The molecule has 2 amide bonds. The molecule has 0 bridgehead atoms. The van der Waals surface area contributed by atoms with E-state index in [2.05, 4.69) is 20.6 Å². The summed E-state index contributed by atoms with van der Waals surface area (Å²) in [6.07, 6.45) is 3.52. The number of halogens is 1. The van der Waals surface area contributed by atoms with Crippen LogP contribution in [0.2, 0.25) is 5.02 Å². The van der Waals surface area contributed by atoms with E-state index in [1.165, 1.54) is 12.5 Å². The van der Waals surface area contributed by atoms with Crippen LogP contribution in [-0.4, -0.2) is 27.8 Å². The lowest BCUT2D eigenvalue weighted by Crippen LogP contribution is -2.31. The number of hydrogen-bond acceptors (Lipinski definition) is 4. The number of nitrogens with zero attached hydrogens (tertiary/aromatic N) is 2. The van der Waals surface area contributed by atoms with Crippen molar-refractivity contribution in [3.05, 3.63) is 58.6 Å². The van der Waals surface area contributed by atoms with Crippen LogP contribution in [0.15, 0.2) is 36.8 Å². The van der Waals surface area contributed by atoms with Crippen LogP contribution in [0, 0.1) is 0 Å². The molecule has 0 aliphatic heterocycles. The standard InChI is InChI=1S/C17H19ClN4O2/c1-3-11(2)22-16(23)13-6-4-12(5-7-13)8-20-17(24)15-14(18)9-19-10-21-15/h4-7,9-11H,3,8H2,1-2H3,(H,20,24)(H,22,23). The van der Waals surface area contributed by atoms with Crippen LogP contribution in [0.25, 0.3) is 0 Å². The molecule has 126 valence electrons. The van der Waals surface area contributed by atoms with E-state index in [1.54, 1.807) is 24.3 Å². The predicted octanol–water partition coefficient (Wildman–Crippen LogP) is 2.59. The summed E-state index contributed by atoms with van der Waals surface area (Å²) < 4.78 is 0. The van der Waals surface area contributed by atoms with Crippen molar-refractivity contribution >= 4 is 23.4 Å². The van der Waals surface area contributed by atoms with Crippen LogP contribution < -0.4 is 10.6 Å². The van der Waals surface area contributed by atoms with Crippen LogP contribution in [0.1, 0.15) is 46.7 Å². The molecule has 0 saturated heterocycles. The van der Waals surface area contributed by atoms with Crippen molar-refractivity contribution in [2.24, 2.45) is 0 Å². The molecule has 1 heterocycles. The second kappa shape index (κ2) is 8.40. The van der Waals surface area contributed by atoms with Crippen molar-refractivity contribution in [1.29, 1.82) is 0 Å². The molecule has 2 aromatic rings. The van der Waals surface area contributed by atoms with Gasteiger partial charge in [-0.1, -0.05) is 30.7 Å². The fourth-order valence-corrected chi connectivity index (χ4v) is 2.12. The van der Waals surface area contributed by atoms with Gasteiger partial charge in [0, 0.05) is 24.3 Å². The van der Waals surface area contributed by atoms with E-state index in [-0.39, 0.29) is 28.6 Å². The molecule has 0 saturated carbocycles. The molecular weight excluding hydrogens is 328 g/mol. The second-order valence-electron chi connectivity index (χ2n) is 5.38. The van der Waals surface area contributed by atoms with Crippen LogP contribution in [0.4, 0.5) is 0 Å². The van der Waals surface area contributed by atoms with Gasteiger partial charge in [-0.05, 0) is 31.0 Å². The normalized spacial score (nSPS) is 11.6. The first-order valence-electron chi connectivity index (χ1n) is 7.64. The van der Waals surface area contributed by atoms with Gasteiger partial charge in [0.2, 0.25) is 0 Å². The smallest absolute Gasteiger partial charge is 0.271 e. The number of benzene rings is 1. The summed E-state index contributed by atoms with van der Waals surface area (Å²) in [6, 6.07) is 7.20. The number of hydrogen-bond donors (Lipinski definition) is 2. The first-order valence-corrected chi connectivity index (χ1v) is 8.02.